The van der Waals surface area contributed by atoms with Gasteiger partial charge in [-0.2, -0.15) is 0 Å². The van der Waals surface area contributed by atoms with Crippen molar-refractivity contribution in [2.45, 2.75) is 153 Å². The maximum atomic E-state index is 7.23. The lowest BCUT2D eigenvalue weighted by Gasteiger charge is -2.55. The normalized spacial score (nSPS) is 29.5. The molecule has 1 aromatic rings. The predicted molar refractivity (Wildman–Crippen MR) is 171 cm³/mol. The Labute approximate surface area is 247 Å². The number of hydrogen-bond donors (Lipinski definition) is 0. The topological polar surface area (TPSA) is 46.2 Å². The largest absolute Gasteiger partial charge is 0.414 e. The van der Waals surface area contributed by atoms with Gasteiger partial charge in [-0.05, 0) is 61.6 Å². The molecule has 0 radical (unpaired) electrons. The van der Waals surface area contributed by atoms with E-state index in [0.29, 0.717) is 13.2 Å². The van der Waals surface area contributed by atoms with Gasteiger partial charge >= 0.3 is 0 Å². The molecule has 2 aliphatic rings. The van der Waals surface area contributed by atoms with Crippen LogP contribution >= 0.6 is 0 Å². The second-order valence-electron chi connectivity index (χ2n) is 12.5. The molecular weight excluding hydrogens is 533 g/mol. The number of rotatable bonds is 16. The summed E-state index contributed by atoms with van der Waals surface area (Å²) < 4.78 is 34.3. The van der Waals surface area contributed by atoms with Crippen molar-refractivity contribution in [3.8, 4) is 0 Å². The predicted octanol–water partition coefficient (Wildman–Crippen LogP) is 9.00. The highest BCUT2D eigenvalue weighted by molar-refractivity contribution is 6.74. The molecule has 0 bridgehead atoms. The summed E-state index contributed by atoms with van der Waals surface area (Å²) >= 11 is 0. The van der Waals surface area contributed by atoms with Crippen LogP contribution in [0, 0.1) is 0 Å². The molecule has 0 amide bonds. The molecule has 7 heteroatoms. The van der Waals surface area contributed by atoms with Crippen LogP contribution < -0.4 is 0 Å². The lowest BCUT2D eigenvalue weighted by atomic mass is 9.82. The summed E-state index contributed by atoms with van der Waals surface area (Å²) in [6.07, 6.45) is 6.02. The van der Waals surface area contributed by atoms with E-state index in [1.807, 2.05) is 12.1 Å². The first-order chi connectivity index (χ1) is 19.2. The van der Waals surface area contributed by atoms with Crippen LogP contribution in [0.1, 0.15) is 86.1 Å². The first kappa shape index (κ1) is 33.7. The zero-order valence-electron chi connectivity index (χ0n) is 26.6. The van der Waals surface area contributed by atoms with Crippen molar-refractivity contribution >= 4 is 16.6 Å². The van der Waals surface area contributed by atoms with E-state index < -0.39 is 22.4 Å². The zero-order chi connectivity index (χ0) is 29.3. The highest BCUT2D eigenvalue weighted by Gasteiger charge is 2.55. The van der Waals surface area contributed by atoms with E-state index in [0.717, 1.165) is 68.4 Å². The van der Waals surface area contributed by atoms with Gasteiger partial charge in [-0.1, -0.05) is 78.0 Å². The third-order valence-electron chi connectivity index (χ3n) is 9.79. The van der Waals surface area contributed by atoms with E-state index in [2.05, 4.69) is 79.3 Å². The smallest absolute Gasteiger partial charge is 0.192 e. The Morgan fingerprint density at radius 2 is 1.52 bits per heavy atom. The molecule has 5 nitrogen and oxygen atoms in total. The third kappa shape index (κ3) is 8.62. The van der Waals surface area contributed by atoms with E-state index >= 15 is 0 Å². The summed E-state index contributed by atoms with van der Waals surface area (Å²) in [4.78, 5) is 0. The maximum absolute atomic E-state index is 7.23. The van der Waals surface area contributed by atoms with Crippen LogP contribution in [0.15, 0.2) is 43.0 Å². The molecule has 2 saturated heterocycles. The molecular formula is C33H58O5Si2. The van der Waals surface area contributed by atoms with Crippen LogP contribution in [-0.2, 0) is 29.7 Å². The Morgan fingerprint density at radius 1 is 0.900 bits per heavy atom. The Morgan fingerprint density at radius 3 is 2.10 bits per heavy atom. The average molecular weight is 591 g/mol. The molecule has 0 N–H and O–H groups in total. The third-order valence-corrected chi connectivity index (χ3v) is 19.3. The fraction of sp³-hybridized carbons (Fsp3) is 0.758. The zero-order valence-corrected chi connectivity index (χ0v) is 28.6. The van der Waals surface area contributed by atoms with Gasteiger partial charge in [0.2, 0.25) is 0 Å². The molecule has 1 spiro atoms. The van der Waals surface area contributed by atoms with Crippen LogP contribution in [0.5, 0.6) is 0 Å². The molecule has 2 heterocycles. The van der Waals surface area contributed by atoms with Crippen molar-refractivity contribution in [1.29, 1.82) is 0 Å². The van der Waals surface area contributed by atoms with Crippen LogP contribution in [-0.4, -0.2) is 52.9 Å². The minimum absolute atomic E-state index is 0.0186. The first-order valence-electron chi connectivity index (χ1n) is 16.1. The van der Waals surface area contributed by atoms with E-state index in [4.69, 9.17) is 23.1 Å². The summed E-state index contributed by atoms with van der Waals surface area (Å²) in [5, 5.41) is 0. The molecule has 0 saturated carbocycles. The maximum Gasteiger partial charge on any atom is 0.192 e. The van der Waals surface area contributed by atoms with Gasteiger partial charge in [-0.15, -0.1) is 6.58 Å². The second-order valence-corrected chi connectivity index (χ2v) is 21.9. The van der Waals surface area contributed by atoms with Gasteiger partial charge in [0, 0.05) is 25.9 Å². The summed E-state index contributed by atoms with van der Waals surface area (Å²) in [7, 11) is -3.64. The van der Waals surface area contributed by atoms with Gasteiger partial charge in [0.25, 0.3) is 0 Å². The van der Waals surface area contributed by atoms with E-state index in [-0.39, 0.29) is 23.9 Å². The minimum atomic E-state index is -1.84. The minimum Gasteiger partial charge on any atom is -0.414 e. The summed E-state index contributed by atoms with van der Waals surface area (Å²) in [6.45, 7) is 21.6. The molecule has 0 aromatic heterocycles. The lowest BCUT2D eigenvalue weighted by Crippen LogP contribution is -2.61. The lowest BCUT2D eigenvalue weighted by molar-refractivity contribution is -0.341. The van der Waals surface area contributed by atoms with Gasteiger partial charge in [0.1, 0.15) is 0 Å². The monoisotopic (exact) mass is 590 g/mol. The first-order valence-corrected chi connectivity index (χ1v) is 21.2. The SMILES string of the molecule is C=C[C@H]1C[C@](C)(O[Si](CC)(CC)CC)C[C@@]2(C[C@@H](O[Si](CC)(CC)CC)C[C@H](CCOCc3ccccc3)O2)O1. The van der Waals surface area contributed by atoms with Crippen LogP contribution in [0.2, 0.25) is 36.3 Å². The highest BCUT2D eigenvalue weighted by atomic mass is 28.4. The molecule has 2 fully saturated rings. The molecule has 0 unspecified atom stereocenters. The van der Waals surface area contributed by atoms with E-state index in [1.54, 1.807) is 0 Å². The van der Waals surface area contributed by atoms with Crippen LogP contribution in [0.3, 0.4) is 0 Å². The average Bonchev–Trinajstić information content (AvgIpc) is 2.97. The standard InChI is InChI=1S/C33H58O5Si2/c1-9-29-24-32(8,38-40(13-5,14-6)15-7)27-33(35-29)25-31(37-39(10-2,11-3)12-4)23-30(36-33)21-22-34-26-28-19-17-16-18-20-28/h9,16-20,29-31H,1,10-15,21-27H2,2-8H3/t29-,30-,31-,32-,33-/m0/s1. The Bertz CT molecular complexity index is 874. The van der Waals surface area contributed by atoms with Crippen molar-refractivity contribution in [2.75, 3.05) is 6.61 Å². The van der Waals surface area contributed by atoms with Gasteiger partial charge in [-0.25, -0.2) is 0 Å². The van der Waals surface area contributed by atoms with Crippen molar-refractivity contribution < 1.29 is 23.1 Å². The van der Waals surface area contributed by atoms with Crippen molar-refractivity contribution in [3.63, 3.8) is 0 Å². The fourth-order valence-corrected chi connectivity index (χ4v) is 13.1. The summed E-state index contributed by atoms with van der Waals surface area (Å²) in [5.74, 6) is -0.733. The van der Waals surface area contributed by atoms with Crippen molar-refractivity contribution in [2.24, 2.45) is 0 Å². The molecule has 228 valence electrons. The highest BCUT2D eigenvalue weighted by Crippen LogP contribution is 2.48. The molecule has 40 heavy (non-hydrogen) atoms. The van der Waals surface area contributed by atoms with Crippen molar-refractivity contribution in [3.05, 3.63) is 48.6 Å². The van der Waals surface area contributed by atoms with E-state index in [9.17, 15) is 0 Å². The van der Waals surface area contributed by atoms with Gasteiger partial charge in [0.15, 0.2) is 22.4 Å². The number of benzene rings is 1. The van der Waals surface area contributed by atoms with Crippen LogP contribution in [0.25, 0.3) is 0 Å². The summed E-state index contributed by atoms with van der Waals surface area (Å²) in [5.41, 5.74) is 0.887. The summed E-state index contributed by atoms with van der Waals surface area (Å²) in [6, 6.07) is 17.2. The van der Waals surface area contributed by atoms with Gasteiger partial charge in [-0.3, -0.25) is 0 Å². The quantitative estimate of drug-likeness (QED) is 0.109. The molecule has 5 atom stereocenters. The Kier molecular flexibility index (Phi) is 12.7. The number of ether oxygens (including phenoxy) is 3. The van der Waals surface area contributed by atoms with Gasteiger partial charge in [0.05, 0.1) is 30.5 Å². The fourth-order valence-electron chi connectivity index (χ4n) is 7.04. The molecule has 3 rings (SSSR count). The van der Waals surface area contributed by atoms with Gasteiger partial charge < -0.3 is 23.1 Å². The van der Waals surface area contributed by atoms with Crippen molar-refractivity contribution in [1.82, 2.24) is 0 Å². The Hall–Kier alpha value is -0.806. The molecule has 2 aliphatic heterocycles. The molecule has 1 aromatic carbocycles. The van der Waals surface area contributed by atoms with Crippen LogP contribution in [0.4, 0.5) is 0 Å². The molecule has 0 aliphatic carbocycles. The number of hydrogen-bond acceptors (Lipinski definition) is 5. The Balaban J connectivity index is 1.83. The van der Waals surface area contributed by atoms with E-state index in [1.165, 1.54) is 5.56 Å². The second kappa shape index (κ2) is 15.1.